The monoisotopic (exact) mass is 916 g/mol. The van der Waals surface area contributed by atoms with Crippen LogP contribution in [0.4, 0.5) is 0 Å². The molecule has 0 aromatic rings. The summed E-state index contributed by atoms with van der Waals surface area (Å²) in [5.74, 6) is -2.29. The van der Waals surface area contributed by atoms with Gasteiger partial charge in [-0.1, -0.05) is 197 Å². The molecule has 0 rings (SSSR count). The zero-order valence-electron chi connectivity index (χ0n) is 42.9. The molecule has 0 fully saturated rings. The number of likely N-dealkylation sites (N-methyl/N-ethyl adjacent to an activating group) is 1. The summed E-state index contributed by atoms with van der Waals surface area (Å²) in [6.45, 7) is 4.69. The van der Waals surface area contributed by atoms with E-state index in [0.29, 0.717) is 17.4 Å². The molecule has 0 N–H and O–H groups in total. The van der Waals surface area contributed by atoms with E-state index < -0.39 is 24.3 Å². The van der Waals surface area contributed by atoms with Crippen molar-refractivity contribution in [1.29, 1.82) is 0 Å². The molecule has 0 saturated carbocycles. The summed E-state index contributed by atoms with van der Waals surface area (Å²) in [5, 5.41) is 11.7. The highest BCUT2D eigenvalue weighted by Crippen LogP contribution is 2.15. The third-order valence-corrected chi connectivity index (χ3v) is 11.5. The van der Waals surface area contributed by atoms with Crippen LogP contribution in [0.2, 0.25) is 0 Å². The number of aliphatic carboxylic acids is 1. The van der Waals surface area contributed by atoms with E-state index in [-0.39, 0.29) is 38.6 Å². The highest BCUT2D eigenvalue weighted by atomic mass is 16.7. The number of carbonyl (C=O) groups excluding carboxylic acids is 3. The fourth-order valence-electron chi connectivity index (χ4n) is 7.35. The Morgan fingerprint density at radius 1 is 0.462 bits per heavy atom. The number of nitrogens with zero attached hydrogens (tertiary/aromatic N) is 1. The fourth-order valence-corrected chi connectivity index (χ4v) is 7.35. The van der Waals surface area contributed by atoms with Gasteiger partial charge in [0.05, 0.1) is 40.3 Å². The Hall–Kier alpha value is -2.75. The molecule has 9 heteroatoms. The lowest BCUT2D eigenvalue weighted by Gasteiger charge is -2.26. The molecule has 0 aliphatic carbocycles. The van der Waals surface area contributed by atoms with E-state index in [2.05, 4.69) is 62.5 Å². The van der Waals surface area contributed by atoms with Crippen LogP contribution >= 0.6 is 0 Å². The Kier molecular flexibility index (Phi) is 45.7. The van der Waals surface area contributed by atoms with E-state index in [1.807, 2.05) is 21.1 Å². The molecule has 0 spiro atoms. The lowest BCUT2D eigenvalue weighted by atomic mass is 10.0. The first-order valence-electron chi connectivity index (χ1n) is 26.8. The number of hydrogen-bond acceptors (Lipinski definition) is 8. The van der Waals surface area contributed by atoms with Crippen LogP contribution < -0.4 is 5.11 Å². The van der Waals surface area contributed by atoms with Gasteiger partial charge in [-0.2, -0.15) is 0 Å². The minimum Gasteiger partial charge on any atom is -0.545 e. The van der Waals surface area contributed by atoms with Crippen LogP contribution in [0, 0.1) is 0 Å². The van der Waals surface area contributed by atoms with Crippen LogP contribution in [-0.4, -0.2) is 82.3 Å². The van der Waals surface area contributed by atoms with Crippen LogP contribution in [0.25, 0.3) is 0 Å². The lowest BCUT2D eigenvalue weighted by molar-refractivity contribution is -0.870. The average Bonchev–Trinajstić information content (AvgIpc) is 3.27. The number of carboxylic acids is 1. The van der Waals surface area contributed by atoms with Crippen molar-refractivity contribution in [3.8, 4) is 0 Å². The van der Waals surface area contributed by atoms with E-state index in [0.717, 1.165) is 77.0 Å². The number of esters is 2. The molecular formula is C56H101NO8. The predicted molar refractivity (Wildman–Crippen MR) is 269 cm³/mol. The van der Waals surface area contributed by atoms with Gasteiger partial charge in [-0.3, -0.25) is 9.59 Å². The molecule has 2 atom stereocenters. The number of ether oxygens (including phenoxy) is 4. The van der Waals surface area contributed by atoms with E-state index in [1.165, 1.54) is 122 Å². The summed E-state index contributed by atoms with van der Waals surface area (Å²) in [7, 11) is 5.91. The van der Waals surface area contributed by atoms with Crippen molar-refractivity contribution in [3.63, 3.8) is 0 Å². The molecule has 378 valence electrons. The Morgan fingerprint density at radius 2 is 0.846 bits per heavy atom. The van der Waals surface area contributed by atoms with Crippen molar-refractivity contribution in [2.45, 2.75) is 245 Å². The van der Waals surface area contributed by atoms with Crippen LogP contribution in [0.5, 0.6) is 0 Å². The Morgan fingerprint density at radius 3 is 1.29 bits per heavy atom. The van der Waals surface area contributed by atoms with Crippen molar-refractivity contribution < 1.29 is 42.9 Å². The molecule has 0 aromatic heterocycles. The Bertz CT molecular complexity index is 1210. The van der Waals surface area contributed by atoms with Gasteiger partial charge in [0, 0.05) is 12.8 Å². The Labute approximate surface area is 400 Å². The molecule has 0 saturated heterocycles. The normalized spacial score (nSPS) is 13.2. The highest BCUT2D eigenvalue weighted by molar-refractivity contribution is 5.70. The fraction of sp³-hybridized carbons (Fsp3) is 0.804. The Balaban J connectivity index is 4.16. The predicted octanol–water partition coefficient (Wildman–Crippen LogP) is 13.8. The molecular weight excluding hydrogens is 815 g/mol. The number of hydrogen-bond donors (Lipinski definition) is 0. The number of rotatable bonds is 49. The minimum atomic E-state index is -1.62. The average molecular weight is 916 g/mol. The summed E-state index contributed by atoms with van der Waals surface area (Å²) >= 11 is 0. The second kappa shape index (κ2) is 47.7. The van der Waals surface area contributed by atoms with Crippen molar-refractivity contribution in [1.82, 2.24) is 0 Å². The standard InChI is InChI=1S/C56H101NO8/c1-6-8-10-12-14-16-18-19-20-21-22-23-24-25-26-27-28-29-30-31-32-33-34-35-37-39-41-43-45-47-54(59)65-52(51-64-56(55(60)61)62-49-48-57(3,4)5)50-63-53(58)46-44-42-40-38-36-17-15-13-11-9-7-2/h13,15,18-19,21-22,24-25,52,56H,6-12,14,16-17,20,23,26-51H2,1-5H3/b15-13-,19-18-,22-21-,25-24-. The molecule has 0 amide bonds. The molecule has 0 bridgehead atoms. The topological polar surface area (TPSA) is 111 Å². The molecule has 9 nitrogen and oxygen atoms in total. The van der Waals surface area contributed by atoms with Crippen molar-refractivity contribution in [2.75, 3.05) is 47.5 Å². The molecule has 2 unspecified atom stereocenters. The highest BCUT2D eigenvalue weighted by Gasteiger charge is 2.22. The van der Waals surface area contributed by atoms with E-state index >= 15 is 0 Å². The van der Waals surface area contributed by atoms with Crippen molar-refractivity contribution in [2.24, 2.45) is 0 Å². The van der Waals surface area contributed by atoms with Gasteiger partial charge in [0.25, 0.3) is 0 Å². The summed E-state index contributed by atoms with van der Waals surface area (Å²) in [4.78, 5) is 37.1. The smallest absolute Gasteiger partial charge is 0.306 e. The number of carbonyl (C=O) groups is 3. The van der Waals surface area contributed by atoms with E-state index in [9.17, 15) is 19.5 Å². The van der Waals surface area contributed by atoms with Gasteiger partial charge in [-0.25, -0.2) is 0 Å². The van der Waals surface area contributed by atoms with Gasteiger partial charge in [0.15, 0.2) is 12.4 Å². The third-order valence-electron chi connectivity index (χ3n) is 11.5. The molecule has 0 radical (unpaired) electrons. The number of quaternary nitrogens is 1. The lowest BCUT2D eigenvalue weighted by Crippen LogP contribution is -2.44. The summed E-state index contributed by atoms with van der Waals surface area (Å²) in [6, 6.07) is 0. The van der Waals surface area contributed by atoms with Crippen LogP contribution in [0.3, 0.4) is 0 Å². The van der Waals surface area contributed by atoms with Gasteiger partial charge in [0.1, 0.15) is 13.2 Å². The molecule has 0 heterocycles. The first-order chi connectivity index (χ1) is 31.6. The summed E-state index contributed by atoms with van der Waals surface area (Å²) < 4.78 is 22.6. The molecule has 0 aromatic carbocycles. The second-order valence-electron chi connectivity index (χ2n) is 19.2. The van der Waals surface area contributed by atoms with Gasteiger partial charge in [0.2, 0.25) is 0 Å². The zero-order chi connectivity index (χ0) is 47.7. The summed E-state index contributed by atoms with van der Waals surface area (Å²) in [5.41, 5.74) is 0. The van der Waals surface area contributed by atoms with Crippen LogP contribution in [-0.2, 0) is 33.3 Å². The summed E-state index contributed by atoms with van der Waals surface area (Å²) in [6.07, 6.45) is 54.5. The molecule has 65 heavy (non-hydrogen) atoms. The quantitative estimate of drug-likeness (QED) is 0.0195. The molecule has 0 aliphatic rings. The largest absolute Gasteiger partial charge is 0.545 e. The van der Waals surface area contributed by atoms with Gasteiger partial charge >= 0.3 is 11.9 Å². The van der Waals surface area contributed by atoms with Gasteiger partial charge in [-0.05, 0) is 70.6 Å². The minimum absolute atomic E-state index is 0.146. The SMILES string of the molecule is CCCC/C=C\CCCCCCCC(=O)OCC(COC(OCC[N+](C)(C)C)C(=O)[O-])OC(=O)CCCCCCCCCCCCCCCC/C=C\C/C=C\C/C=C\CCCCCCC. The van der Waals surface area contributed by atoms with Gasteiger partial charge < -0.3 is 33.3 Å². The first kappa shape index (κ1) is 62.2. The van der Waals surface area contributed by atoms with E-state index in [4.69, 9.17) is 18.9 Å². The number of carboxylic acid groups (broad SMARTS) is 1. The van der Waals surface area contributed by atoms with Crippen LogP contribution in [0.1, 0.15) is 232 Å². The first-order valence-corrected chi connectivity index (χ1v) is 26.8. The second-order valence-corrected chi connectivity index (χ2v) is 19.2. The molecule has 0 aliphatic heterocycles. The van der Waals surface area contributed by atoms with Gasteiger partial charge in [-0.15, -0.1) is 0 Å². The maximum atomic E-state index is 12.8. The maximum absolute atomic E-state index is 12.8. The van der Waals surface area contributed by atoms with Crippen molar-refractivity contribution in [3.05, 3.63) is 48.6 Å². The zero-order valence-corrected chi connectivity index (χ0v) is 42.9. The maximum Gasteiger partial charge on any atom is 0.306 e. The van der Waals surface area contributed by atoms with E-state index in [1.54, 1.807) is 0 Å². The number of allylic oxidation sites excluding steroid dienone is 8. The number of unbranched alkanes of at least 4 members (excludes halogenated alkanes) is 26. The third kappa shape index (κ3) is 49.0. The van der Waals surface area contributed by atoms with Crippen LogP contribution in [0.15, 0.2) is 48.6 Å². The van der Waals surface area contributed by atoms with Crippen molar-refractivity contribution >= 4 is 17.9 Å².